The van der Waals surface area contributed by atoms with Crippen molar-refractivity contribution in [1.82, 2.24) is 9.38 Å². The number of rotatable bonds is 4. The average Bonchev–Trinajstić information content (AvgIpc) is 2.55. The van der Waals surface area contributed by atoms with Crippen molar-refractivity contribution in [3.8, 4) is 0 Å². The Labute approximate surface area is 127 Å². The minimum Gasteiger partial charge on any atom is -0.355 e. The molecule has 110 valence electrons. The van der Waals surface area contributed by atoms with Crippen LogP contribution in [0.3, 0.4) is 0 Å². The van der Waals surface area contributed by atoms with Crippen molar-refractivity contribution in [3.63, 3.8) is 0 Å². The van der Waals surface area contributed by atoms with Gasteiger partial charge in [-0.1, -0.05) is 36.4 Å². The molecule has 0 radical (unpaired) electrons. The van der Waals surface area contributed by atoms with E-state index in [9.17, 15) is 9.59 Å². The lowest BCUT2D eigenvalue weighted by atomic mass is 10.2. The van der Waals surface area contributed by atoms with Crippen LogP contribution in [0.2, 0.25) is 0 Å². The third kappa shape index (κ3) is 2.48. The lowest BCUT2D eigenvalue weighted by molar-refractivity contribution is 0.112. The predicted molar refractivity (Wildman–Crippen MR) is 85.4 cm³/mol. The summed E-state index contributed by atoms with van der Waals surface area (Å²) in [7, 11) is 1.82. The van der Waals surface area contributed by atoms with E-state index < -0.39 is 0 Å². The quantitative estimate of drug-likeness (QED) is 0.692. The Bertz CT molecular complexity index is 872. The molecule has 0 N–H and O–H groups in total. The van der Waals surface area contributed by atoms with E-state index in [1.807, 2.05) is 48.3 Å². The smallest absolute Gasteiger partial charge is 0.270 e. The molecule has 0 saturated carbocycles. The molecule has 0 aliphatic rings. The molecule has 3 aromatic rings. The van der Waals surface area contributed by atoms with Gasteiger partial charge in [-0.15, -0.1) is 0 Å². The normalized spacial score (nSPS) is 10.6. The molecule has 2 aromatic heterocycles. The molecule has 22 heavy (non-hydrogen) atoms. The van der Waals surface area contributed by atoms with Crippen molar-refractivity contribution in [3.05, 3.63) is 76.2 Å². The summed E-state index contributed by atoms with van der Waals surface area (Å²) in [5.74, 6) is 0.398. The molecule has 5 heteroatoms. The number of carbonyl (C=O) groups excluding carboxylic acids is 1. The third-order valence-corrected chi connectivity index (χ3v) is 3.49. The fraction of sp³-hybridized carbons (Fsp3) is 0.118. The van der Waals surface area contributed by atoms with Gasteiger partial charge >= 0.3 is 0 Å². The van der Waals surface area contributed by atoms with Crippen LogP contribution >= 0.6 is 0 Å². The van der Waals surface area contributed by atoms with Crippen LogP contribution < -0.4 is 10.5 Å². The SMILES string of the molecule is CN(Cc1ccccc1)c1nc2ccccn2c(=O)c1C=O. The van der Waals surface area contributed by atoms with Crippen molar-refractivity contribution >= 4 is 17.8 Å². The maximum Gasteiger partial charge on any atom is 0.270 e. The maximum atomic E-state index is 12.4. The van der Waals surface area contributed by atoms with E-state index >= 15 is 0 Å². The van der Waals surface area contributed by atoms with E-state index in [4.69, 9.17) is 0 Å². The molecular weight excluding hydrogens is 278 g/mol. The lowest BCUT2D eigenvalue weighted by Crippen LogP contribution is -2.27. The Morgan fingerprint density at radius 1 is 1.14 bits per heavy atom. The average molecular weight is 293 g/mol. The highest BCUT2D eigenvalue weighted by atomic mass is 16.1. The van der Waals surface area contributed by atoms with Crippen LogP contribution in [0.1, 0.15) is 15.9 Å². The van der Waals surface area contributed by atoms with Gasteiger partial charge in [0.15, 0.2) is 6.29 Å². The zero-order chi connectivity index (χ0) is 15.5. The zero-order valence-electron chi connectivity index (χ0n) is 12.1. The van der Waals surface area contributed by atoms with Crippen LogP contribution in [0.4, 0.5) is 5.82 Å². The molecular formula is C17H15N3O2. The molecule has 0 unspecified atom stereocenters. The Balaban J connectivity index is 2.09. The fourth-order valence-corrected chi connectivity index (χ4v) is 2.42. The van der Waals surface area contributed by atoms with Crippen LogP contribution in [0, 0.1) is 0 Å². The molecule has 0 atom stereocenters. The molecule has 1 aromatic carbocycles. The number of aldehydes is 1. The number of aromatic nitrogens is 2. The fourth-order valence-electron chi connectivity index (χ4n) is 2.42. The summed E-state index contributed by atoms with van der Waals surface area (Å²) in [6, 6.07) is 15.1. The first-order valence-corrected chi connectivity index (χ1v) is 6.92. The Kier molecular flexibility index (Phi) is 3.70. The number of anilines is 1. The van der Waals surface area contributed by atoms with Crippen LogP contribution in [0.5, 0.6) is 0 Å². The second-order valence-corrected chi connectivity index (χ2v) is 5.04. The number of hydrogen-bond donors (Lipinski definition) is 0. The highest BCUT2D eigenvalue weighted by Gasteiger charge is 2.15. The Morgan fingerprint density at radius 3 is 2.59 bits per heavy atom. The molecule has 0 aliphatic carbocycles. The Hall–Kier alpha value is -2.95. The molecule has 3 rings (SSSR count). The summed E-state index contributed by atoms with van der Waals surface area (Å²) in [4.78, 5) is 30.0. The van der Waals surface area contributed by atoms with E-state index in [-0.39, 0.29) is 11.1 Å². The van der Waals surface area contributed by atoms with Crippen LogP contribution in [0.15, 0.2) is 59.5 Å². The second-order valence-electron chi connectivity index (χ2n) is 5.04. The topological polar surface area (TPSA) is 54.7 Å². The van der Waals surface area contributed by atoms with Crippen LogP contribution in [0.25, 0.3) is 5.65 Å². The first-order valence-electron chi connectivity index (χ1n) is 6.92. The molecule has 0 fully saturated rings. The van der Waals surface area contributed by atoms with Crippen molar-refractivity contribution in [2.75, 3.05) is 11.9 Å². The molecule has 0 bridgehead atoms. The zero-order valence-corrected chi connectivity index (χ0v) is 12.1. The van der Waals surface area contributed by atoms with Gasteiger partial charge in [-0.3, -0.25) is 14.0 Å². The Morgan fingerprint density at radius 2 is 1.86 bits per heavy atom. The number of nitrogens with zero attached hydrogens (tertiary/aromatic N) is 3. The summed E-state index contributed by atoms with van der Waals surface area (Å²) in [6.45, 7) is 0.567. The van der Waals surface area contributed by atoms with E-state index in [1.165, 1.54) is 4.40 Å². The molecule has 0 aliphatic heterocycles. The van der Waals surface area contributed by atoms with Crippen LogP contribution in [-0.4, -0.2) is 22.7 Å². The predicted octanol–water partition coefficient (Wildman–Crippen LogP) is 2.14. The number of hydrogen-bond acceptors (Lipinski definition) is 4. The second kappa shape index (κ2) is 5.81. The van der Waals surface area contributed by atoms with Gasteiger partial charge in [0.25, 0.3) is 5.56 Å². The minimum atomic E-state index is -0.351. The third-order valence-electron chi connectivity index (χ3n) is 3.49. The van der Waals surface area contributed by atoms with Crippen molar-refractivity contribution < 1.29 is 4.79 Å². The minimum absolute atomic E-state index is 0.0714. The van der Waals surface area contributed by atoms with Gasteiger partial charge < -0.3 is 4.90 Å². The number of fused-ring (bicyclic) bond motifs is 1. The first kappa shape index (κ1) is 14.0. The van der Waals surface area contributed by atoms with E-state index in [1.54, 1.807) is 18.3 Å². The van der Waals surface area contributed by atoms with Crippen molar-refractivity contribution in [1.29, 1.82) is 0 Å². The monoisotopic (exact) mass is 293 g/mol. The summed E-state index contributed by atoms with van der Waals surface area (Å²) in [6.07, 6.45) is 2.18. The van der Waals surface area contributed by atoms with Gasteiger partial charge in [0.1, 0.15) is 17.0 Å². The molecule has 0 saturated heterocycles. The van der Waals surface area contributed by atoms with Gasteiger partial charge in [-0.05, 0) is 17.7 Å². The van der Waals surface area contributed by atoms with E-state index in [0.717, 1.165) is 5.56 Å². The number of benzene rings is 1. The summed E-state index contributed by atoms with van der Waals surface area (Å²) < 4.78 is 1.38. The van der Waals surface area contributed by atoms with Gasteiger partial charge in [-0.2, -0.15) is 0 Å². The van der Waals surface area contributed by atoms with E-state index in [0.29, 0.717) is 24.3 Å². The molecule has 5 nitrogen and oxygen atoms in total. The van der Waals surface area contributed by atoms with Crippen molar-refractivity contribution in [2.24, 2.45) is 0 Å². The molecule has 2 heterocycles. The van der Waals surface area contributed by atoms with Gasteiger partial charge in [-0.25, -0.2) is 4.98 Å². The number of pyridine rings is 1. The standard InChI is InChI=1S/C17H15N3O2/c1-19(11-13-7-3-2-4-8-13)16-14(12-21)17(22)20-10-6-5-9-15(20)18-16/h2-10,12H,11H2,1H3. The summed E-state index contributed by atoms with van der Waals surface area (Å²) in [5.41, 5.74) is 1.32. The molecule has 0 spiro atoms. The summed E-state index contributed by atoms with van der Waals surface area (Å²) in [5, 5.41) is 0. The van der Waals surface area contributed by atoms with E-state index in [2.05, 4.69) is 4.98 Å². The summed E-state index contributed by atoms with van der Waals surface area (Å²) >= 11 is 0. The maximum absolute atomic E-state index is 12.4. The lowest BCUT2D eigenvalue weighted by Gasteiger charge is -2.20. The highest BCUT2D eigenvalue weighted by Crippen LogP contribution is 2.16. The first-order chi connectivity index (χ1) is 10.7. The number of carbonyl (C=O) groups is 1. The van der Waals surface area contributed by atoms with Crippen LogP contribution in [-0.2, 0) is 6.54 Å². The van der Waals surface area contributed by atoms with Gasteiger partial charge in [0, 0.05) is 19.8 Å². The highest BCUT2D eigenvalue weighted by molar-refractivity contribution is 5.83. The van der Waals surface area contributed by atoms with Gasteiger partial charge in [0.05, 0.1) is 0 Å². The van der Waals surface area contributed by atoms with Crippen molar-refractivity contribution in [2.45, 2.75) is 6.54 Å². The van der Waals surface area contributed by atoms with Gasteiger partial charge in [0.2, 0.25) is 0 Å². The molecule has 0 amide bonds. The largest absolute Gasteiger partial charge is 0.355 e.